The lowest BCUT2D eigenvalue weighted by molar-refractivity contribution is -0.127. The van der Waals surface area contributed by atoms with Gasteiger partial charge in [0, 0.05) is 5.69 Å². The molecule has 144 valence electrons. The number of hydrogen-bond donors (Lipinski definition) is 1. The van der Waals surface area contributed by atoms with E-state index in [9.17, 15) is 14.4 Å². The van der Waals surface area contributed by atoms with Crippen molar-refractivity contribution in [1.82, 2.24) is 4.90 Å². The summed E-state index contributed by atoms with van der Waals surface area (Å²) >= 11 is 0.827. The molecule has 0 saturated carbocycles. The number of thioether (sulfide) groups is 1. The summed E-state index contributed by atoms with van der Waals surface area (Å²) in [6, 6.07) is 12.8. The van der Waals surface area contributed by atoms with E-state index in [0.717, 1.165) is 33.4 Å². The van der Waals surface area contributed by atoms with Crippen LogP contribution >= 0.6 is 11.8 Å². The van der Waals surface area contributed by atoms with Gasteiger partial charge in [0.2, 0.25) is 5.91 Å². The summed E-state index contributed by atoms with van der Waals surface area (Å²) in [5.74, 6) is -0.185. The molecule has 0 radical (unpaired) electrons. The highest BCUT2D eigenvalue weighted by Gasteiger charge is 2.36. The Labute approximate surface area is 167 Å². The van der Waals surface area contributed by atoms with E-state index in [2.05, 4.69) is 5.32 Å². The van der Waals surface area contributed by atoms with Crippen molar-refractivity contribution >= 4 is 40.6 Å². The summed E-state index contributed by atoms with van der Waals surface area (Å²) in [6.07, 6.45) is 1.63. The third-order valence-corrected chi connectivity index (χ3v) is 5.15. The number of methoxy groups -OCH3 is 1. The maximum absolute atomic E-state index is 12.6. The average molecular weight is 396 g/mol. The first-order chi connectivity index (χ1) is 13.4. The number of carbonyl (C=O) groups excluding carboxylic acids is 3. The molecule has 0 spiro atoms. The molecule has 6 nitrogen and oxygen atoms in total. The standard InChI is InChI=1S/C21H20N2O4S/c1-13-4-9-17(14(2)10-13)22-19(24)12-23-20(25)18(28-21(23)26)11-15-5-7-16(27-3)8-6-15/h4-11H,12H2,1-3H3,(H,22,24). The fraction of sp³-hybridized carbons (Fsp3) is 0.190. The normalized spacial score (nSPS) is 15.2. The molecule has 0 atom stereocenters. The Morgan fingerprint density at radius 3 is 2.50 bits per heavy atom. The summed E-state index contributed by atoms with van der Waals surface area (Å²) in [5, 5.41) is 2.30. The molecule has 3 amide bonds. The Morgan fingerprint density at radius 1 is 1.14 bits per heavy atom. The lowest BCUT2D eigenvalue weighted by Gasteiger charge is -2.14. The zero-order valence-electron chi connectivity index (χ0n) is 15.8. The predicted molar refractivity (Wildman–Crippen MR) is 110 cm³/mol. The van der Waals surface area contributed by atoms with E-state index in [4.69, 9.17) is 4.74 Å². The van der Waals surface area contributed by atoms with Gasteiger partial charge in [0.1, 0.15) is 12.3 Å². The second-order valence-corrected chi connectivity index (χ2v) is 7.40. The molecule has 0 bridgehead atoms. The maximum atomic E-state index is 12.6. The van der Waals surface area contributed by atoms with Crippen LogP contribution in [0.15, 0.2) is 47.4 Å². The zero-order chi connectivity index (χ0) is 20.3. The molecule has 1 aliphatic heterocycles. The van der Waals surface area contributed by atoms with E-state index in [1.165, 1.54) is 0 Å². The fourth-order valence-electron chi connectivity index (χ4n) is 2.77. The van der Waals surface area contributed by atoms with Crippen molar-refractivity contribution in [1.29, 1.82) is 0 Å². The average Bonchev–Trinajstić information content (AvgIpc) is 2.92. The molecule has 1 aliphatic rings. The number of imide groups is 1. The highest BCUT2D eigenvalue weighted by molar-refractivity contribution is 8.18. The lowest BCUT2D eigenvalue weighted by Crippen LogP contribution is -2.36. The first-order valence-electron chi connectivity index (χ1n) is 8.64. The van der Waals surface area contributed by atoms with Gasteiger partial charge < -0.3 is 10.1 Å². The number of aryl methyl sites for hydroxylation is 2. The van der Waals surface area contributed by atoms with Gasteiger partial charge >= 0.3 is 0 Å². The van der Waals surface area contributed by atoms with Crippen molar-refractivity contribution in [3.63, 3.8) is 0 Å². The van der Waals surface area contributed by atoms with Crippen LogP contribution in [0.5, 0.6) is 5.75 Å². The van der Waals surface area contributed by atoms with Crippen LogP contribution < -0.4 is 10.1 Å². The van der Waals surface area contributed by atoms with E-state index >= 15 is 0 Å². The molecule has 1 saturated heterocycles. The first-order valence-corrected chi connectivity index (χ1v) is 9.45. The van der Waals surface area contributed by atoms with Crippen molar-refractivity contribution in [2.24, 2.45) is 0 Å². The number of carbonyl (C=O) groups is 3. The predicted octanol–water partition coefficient (Wildman–Crippen LogP) is 3.99. The first kappa shape index (κ1) is 19.7. The van der Waals surface area contributed by atoms with Crippen LogP contribution in [0, 0.1) is 13.8 Å². The van der Waals surface area contributed by atoms with Gasteiger partial charge in [-0.05, 0) is 61.0 Å². The molecular weight excluding hydrogens is 376 g/mol. The van der Waals surface area contributed by atoms with E-state index < -0.39 is 17.1 Å². The minimum atomic E-state index is -0.471. The Morgan fingerprint density at radius 2 is 1.86 bits per heavy atom. The van der Waals surface area contributed by atoms with Crippen LogP contribution in [0.25, 0.3) is 6.08 Å². The third kappa shape index (κ3) is 4.43. The summed E-state index contributed by atoms with van der Waals surface area (Å²) in [5.41, 5.74) is 3.44. The van der Waals surface area contributed by atoms with Gasteiger partial charge in [-0.25, -0.2) is 0 Å². The molecule has 0 unspecified atom stereocenters. The maximum Gasteiger partial charge on any atom is 0.294 e. The number of nitrogens with one attached hydrogen (secondary N) is 1. The summed E-state index contributed by atoms with van der Waals surface area (Å²) in [4.78, 5) is 38.3. The van der Waals surface area contributed by atoms with Crippen molar-refractivity contribution in [2.45, 2.75) is 13.8 Å². The number of rotatable bonds is 5. The van der Waals surface area contributed by atoms with Gasteiger partial charge in [-0.1, -0.05) is 29.8 Å². The van der Waals surface area contributed by atoms with Crippen molar-refractivity contribution < 1.29 is 19.1 Å². The Kier molecular flexibility index (Phi) is 5.84. The van der Waals surface area contributed by atoms with Crippen molar-refractivity contribution in [3.05, 3.63) is 64.1 Å². The Hall–Kier alpha value is -3.06. The third-order valence-electron chi connectivity index (χ3n) is 4.24. The van der Waals surface area contributed by atoms with E-state index in [-0.39, 0.29) is 11.4 Å². The van der Waals surface area contributed by atoms with Crippen LogP contribution in [0.3, 0.4) is 0 Å². The van der Waals surface area contributed by atoms with Crippen molar-refractivity contribution in [3.8, 4) is 5.75 Å². The molecule has 3 rings (SSSR count). The highest BCUT2D eigenvalue weighted by Crippen LogP contribution is 2.32. The smallest absolute Gasteiger partial charge is 0.294 e. The van der Waals surface area contributed by atoms with Crippen LogP contribution in [0.2, 0.25) is 0 Å². The second-order valence-electron chi connectivity index (χ2n) is 6.41. The molecule has 2 aromatic rings. The topological polar surface area (TPSA) is 75.7 Å². The van der Waals surface area contributed by atoms with Gasteiger partial charge in [0.05, 0.1) is 12.0 Å². The summed E-state index contributed by atoms with van der Waals surface area (Å²) in [7, 11) is 1.57. The van der Waals surface area contributed by atoms with Gasteiger partial charge in [0.15, 0.2) is 0 Å². The molecule has 1 heterocycles. The molecule has 0 aliphatic carbocycles. The Bertz CT molecular complexity index is 967. The second kappa shape index (κ2) is 8.31. The molecule has 1 fully saturated rings. The summed E-state index contributed by atoms with van der Waals surface area (Å²) in [6.45, 7) is 3.53. The molecule has 28 heavy (non-hydrogen) atoms. The fourth-order valence-corrected chi connectivity index (χ4v) is 3.61. The summed E-state index contributed by atoms with van der Waals surface area (Å²) < 4.78 is 5.10. The number of anilines is 1. The van der Waals surface area contributed by atoms with Crippen LogP contribution in [0.1, 0.15) is 16.7 Å². The highest BCUT2D eigenvalue weighted by atomic mass is 32.2. The van der Waals surface area contributed by atoms with Gasteiger partial charge in [-0.15, -0.1) is 0 Å². The number of hydrogen-bond acceptors (Lipinski definition) is 5. The monoisotopic (exact) mass is 396 g/mol. The van der Waals surface area contributed by atoms with Crippen LogP contribution in [0.4, 0.5) is 10.5 Å². The van der Waals surface area contributed by atoms with E-state index in [1.54, 1.807) is 43.5 Å². The zero-order valence-corrected chi connectivity index (χ0v) is 16.6. The quantitative estimate of drug-likeness (QED) is 0.774. The number of ether oxygens (including phenoxy) is 1. The Balaban J connectivity index is 1.69. The van der Waals surface area contributed by atoms with Crippen LogP contribution in [-0.2, 0) is 9.59 Å². The van der Waals surface area contributed by atoms with Gasteiger partial charge in [-0.2, -0.15) is 0 Å². The lowest BCUT2D eigenvalue weighted by atomic mass is 10.1. The number of nitrogens with zero attached hydrogens (tertiary/aromatic N) is 1. The molecular formula is C21H20N2O4S. The minimum Gasteiger partial charge on any atom is -0.497 e. The van der Waals surface area contributed by atoms with E-state index in [0.29, 0.717) is 11.4 Å². The van der Waals surface area contributed by atoms with Gasteiger partial charge in [0.25, 0.3) is 11.1 Å². The molecule has 0 aromatic heterocycles. The van der Waals surface area contributed by atoms with E-state index in [1.807, 2.05) is 26.0 Å². The van der Waals surface area contributed by atoms with Crippen LogP contribution in [-0.4, -0.2) is 35.6 Å². The molecule has 7 heteroatoms. The number of amides is 3. The minimum absolute atomic E-state index is 0.287. The molecule has 1 N–H and O–H groups in total. The molecule has 2 aromatic carbocycles. The SMILES string of the molecule is COc1ccc(C=C2SC(=O)N(CC(=O)Nc3ccc(C)cc3C)C2=O)cc1. The van der Waals surface area contributed by atoms with Crippen molar-refractivity contribution in [2.75, 3.05) is 19.0 Å². The number of benzene rings is 2. The largest absolute Gasteiger partial charge is 0.497 e. The van der Waals surface area contributed by atoms with Gasteiger partial charge in [-0.3, -0.25) is 19.3 Å².